The molecule has 1 saturated heterocycles. The van der Waals surface area contributed by atoms with E-state index < -0.39 is 10.0 Å². The van der Waals surface area contributed by atoms with Gasteiger partial charge in [0.1, 0.15) is 0 Å². The molecular weight excluding hydrogens is 288 g/mol. The predicted molar refractivity (Wildman–Crippen MR) is 83.1 cm³/mol. The highest BCUT2D eigenvalue weighted by Crippen LogP contribution is 2.29. The fourth-order valence-electron chi connectivity index (χ4n) is 2.48. The van der Waals surface area contributed by atoms with E-state index in [0.717, 1.165) is 24.0 Å². The van der Waals surface area contributed by atoms with Crippen LogP contribution in [0.25, 0.3) is 0 Å². The summed E-state index contributed by atoms with van der Waals surface area (Å²) in [7, 11) is -3.35. The zero-order valence-electron chi connectivity index (χ0n) is 12.5. The first-order valence-corrected chi connectivity index (χ1v) is 8.91. The third-order valence-electron chi connectivity index (χ3n) is 4.10. The van der Waals surface area contributed by atoms with Crippen molar-refractivity contribution in [1.29, 1.82) is 0 Å². The van der Waals surface area contributed by atoms with Gasteiger partial charge in [0, 0.05) is 26.3 Å². The van der Waals surface area contributed by atoms with E-state index in [9.17, 15) is 8.42 Å². The van der Waals surface area contributed by atoms with Gasteiger partial charge >= 0.3 is 0 Å². The van der Waals surface area contributed by atoms with Crippen LogP contribution in [0.2, 0.25) is 0 Å². The Morgan fingerprint density at radius 3 is 2.48 bits per heavy atom. The van der Waals surface area contributed by atoms with Crippen molar-refractivity contribution < 1.29 is 13.2 Å². The van der Waals surface area contributed by atoms with E-state index in [1.54, 1.807) is 0 Å². The second-order valence-corrected chi connectivity index (χ2v) is 7.78. The summed E-state index contributed by atoms with van der Waals surface area (Å²) < 4.78 is 32.6. The third-order valence-corrected chi connectivity index (χ3v) is 5.38. The molecule has 0 bridgehead atoms. The first-order chi connectivity index (χ1) is 9.94. The summed E-state index contributed by atoms with van der Waals surface area (Å²) in [6.07, 6.45) is 1.77. The van der Waals surface area contributed by atoms with Gasteiger partial charge in [-0.15, -0.1) is 0 Å². The summed E-state index contributed by atoms with van der Waals surface area (Å²) in [6.45, 7) is 4.32. The van der Waals surface area contributed by atoms with Crippen molar-refractivity contribution in [3.8, 4) is 0 Å². The van der Waals surface area contributed by atoms with Crippen molar-refractivity contribution in [1.82, 2.24) is 4.72 Å². The molecule has 21 heavy (non-hydrogen) atoms. The lowest BCUT2D eigenvalue weighted by Gasteiger charge is -2.33. The number of hydrogen-bond acceptors (Lipinski definition) is 4. The highest BCUT2D eigenvalue weighted by Gasteiger charge is 2.29. The average molecular weight is 312 g/mol. The first kappa shape index (κ1) is 16.4. The van der Waals surface area contributed by atoms with Crippen LogP contribution in [0.15, 0.2) is 24.3 Å². The molecule has 6 heteroatoms. The maximum Gasteiger partial charge on any atom is 0.215 e. The second kappa shape index (κ2) is 6.87. The van der Waals surface area contributed by atoms with E-state index in [4.69, 9.17) is 10.5 Å². The molecule has 1 aliphatic rings. The molecule has 0 unspecified atom stereocenters. The van der Waals surface area contributed by atoms with Crippen LogP contribution in [-0.2, 0) is 27.1 Å². The molecule has 0 aromatic heterocycles. The SMILES string of the molecule is CC1(CNS(=O)(=O)Cc2ccccc2CN)CCOCC1. The Labute approximate surface area is 126 Å². The molecule has 0 radical (unpaired) electrons. The first-order valence-electron chi connectivity index (χ1n) is 7.26. The number of rotatable bonds is 6. The molecule has 1 aromatic carbocycles. The Morgan fingerprint density at radius 2 is 1.86 bits per heavy atom. The third kappa shape index (κ3) is 4.78. The van der Waals surface area contributed by atoms with E-state index in [2.05, 4.69) is 11.6 Å². The number of nitrogens with two attached hydrogens (primary N) is 1. The number of benzene rings is 1. The van der Waals surface area contributed by atoms with Crippen LogP contribution in [-0.4, -0.2) is 28.2 Å². The van der Waals surface area contributed by atoms with Gasteiger partial charge in [-0.1, -0.05) is 31.2 Å². The van der Waals surface area contributed by atoms with Crippen molar-refractivity contribution in [2.75, 3.05) is 19.8 Å². The summed E-state index contributed by atoms with van der Waals surface area (Å²) in [5.41, 5.74) is 7.28. The Balaban J connectivity index is 1.98. The van der Waals surface area contributed by atoms with Crippen molar-refractivity contribution in [2.24, 2.45) is 11.1 Å². The lowest BCUT2D eigenvalue weighted by Crippen LogP contribution is -2.39. The largest absolute Gasteiger partial charge is 0.381 e. The molecule has 1 aliphatic heterocycles. The van der Waals surface area contributed by atoms with Gasteiger partial charge in [-0.05, 0) is 29.4 Å². The van der Waals surface area contributed by atoms with Crippen LogP contribution in [0.1, 0.15) is 30.9 Å². The Kier molecular flexibility index (Phi) is 5.37. The summed E-state index contributed by atoms with van der Waals surface area (Å²) in [5.74, 6) is -0.0209. The van der Waals surface area contributed by atoms with Crippen LogP contribution in [0, 0.1) is 5.41 Å². The minimum Gasteiger partial charge on any atom is -0.381 e. The van der Waals surface area contributed by atoms with Gasteiger partial charge in [-0.3, -0.25) is 0 Å². The van der Waals surface area contributed by atoms with E-state index in [1.165, 1.54) is 0 Å². The summed E-state index contributed by atoms with van der Waals surface area (Å²) in [5, 5.41) is 0. The number of ether oxygens (including phenoxy) is 1. The van der Waals surface area contributed by atoms with Gasteiger partial charge in [0.05, 0.1) is 5.75 Å². The highest BCUT2D eigenvalue weighted by molar-refractivity contribution is 7.88. The van der Waals surface area contributed by atoms with Gasteiger partial charge < -0.3 is 10.5 Å². The molecule has 0 saturated carbocycles. The van der Waals surface area contributed by atoms with Crippen LogP contribution < -0.4 is 10.5 Å². The van der Waals surface area contributed by atoms with Crippen LogP contribution >= 0.6 is 0 Å². The van der Waals surface area contributed by atoms with Crippen LogP contribution in [0.5, 0.6) is 0 Å². The Hall–Kier alpha value is -0.950. The van der Waals surface area contributed by atoms with E-state index in [1.807, 2.05) is 24.3 Å². The van der Waals surface area contributed by atoms with E-state index in [-0.39, 0.29) is 11.2 Å². The lowest BCUT2D eigenvalue weighted by atomic mass is 9.83. The molecule has 1 heterocycles. The summed E-state index contributed by atoms with van der Waals surface area (Å²) in [6, 6.07) is 7.39. The standard InChI is InChI=1S/C15H24N2O3S/c1-15(6-8-20-9-7-15)12-17-21(18,19)11-14-5-3-2-4-13(14)10-16/h2-5,17H,6-12,16H2,1H3. The topological polar surface area (TPSA) is 81.4 Å². The second-order valence-electron chi connectivity index (χ2n) is 5.98. The minimum absolute atomic E-state index is 0.0152. The molecule has 0 atom stereocenters. The summed E-state index contributed by atoms with van der Waals surface area (Å²) >= 11 is 0. The number of nitrogens with one attached hydrogen (secondary N) is 1. The molecule has 2 rings (SSSR count). The Bertz CT molecular complexity index is 566. The lowest BCUT2D eigenvalue weighted by molar-refractivity contribution is 0.0264. The smallest absolute Gasteiger partial charge is 0.215 e. The van der Waals surface area contributed by atoms with Gasteiger partial charge in [0.25, 0.3) is 0 Å². The average Bonchev–Trinajstić information content (AvgIpc) is 2.47. The number of sulfonamides is 1. The van der Waals surface area contributed by atoms with Gasteiger partial charge in [0.2, 0.25) is 10.0 Å². The van der Waals surface area contributed by atoms with Crippen molar-refractivity contribution in [3.05, 3.63) is 35.4 Å². The highest BCUT2D eigenvalue weighted by atomic mass is 32.2. The molecule has 3 N–H and O–H groups in total. The maximum atomic E-state index is 12.3. The quantitative estimate of drug-likeness (QED) is 0.831. The normalized spacial score (nSPS) is 18.6. The van der Waals surface area contributed by atoms with Crippen LogP contribution in [0.3, 0.4) is 0 Å². The van der Waals surface area contributed by atoms with Crippen LogP contribution in [0.4, 0.5) is 0 Å². The predicted octanol–water partition coefficient (Wildman–Crippen LogP) is 1.38. The van der Waals surface area contributed by atoms with Gasteiger partial charge in [-0.2, -0.15) is 0 Å². The fraction of sp³-hybridized carbons (Fsp3) is 0.600. The van der Waals surface area contributed by atoms with E-state index in [0.29, 0.717) is 26.3 Å². The number of hydrogen-bond donors (Lipinski definition) is 2. The van der Waals surface area contributed by atoms with Crippen molar-refractivity contribution in [2.45, 2.75) is 32.1 Å². The molecule has 118 valence electrons. The van der Waals surface area contributed by atoms with Gasteiger partial charge in [-0.25, -0.2) is 13.1 Å². The molecule has 1 fully saturated rings. The molecule has 5 nitrogen and oxygen atoms in total. The zero-order chi connectivity index (χ0) is 15.3. The molecule has 0 spiro atoms. The molecular formula is C15H24N2O3S. The monoisotopic (exact) mass is 312 g/mol. The molecule has 1 aromatic rings. The fourth-order valence-corrected chi connectivity index (χ4v) is 3.84. The minimum atomic E-state index is -3.35. The Morgan fingerprint density at radius 1 is 1.24 bits per heavy atom. The molecule has 0 amide bonds. The maximum absolute atomic E-state index is 12.3. The van der Waals surface area contributed by atoms with E-state index >= 15 is 0 Å². The summed E-state index contributed by atoms with van der Waals surface area (Å²) in [4.78, 5) is 0. The zero-order valence-corrected chi connectivity index (χ0v) is 13.3. The van der Waals surface area contributed by atoms with Gasteiger partial charge in [0.15, 0.2) is 0 Å². The molecule has 0 aliphatic carbocycles. The van der Waals surface area contributed by atoms with Crippen molar-refractivity contribution >= 4 is 10.0 Å². The van der Waals surface area contributed by atoms with Crippen molar-refractivity contribution in [3.63, 3.8) is 0 Å².